The van der Waals surface area contributed by atoms with Crippen molar-refractivity contribution in [3.05, 3.63) is 27.2 Å². The molecule has 0 spiro atoms. The van der Waals surface area contributed by atoms with Crippen LogP contribution in [-0.2, 0) is 16.0 Å². The number of thiazole rings is 1. The highest BCUT2D eigenvalue weighted by Gasteiger charge is 2.21. The molecule has 7 heteroatoms. The zero-order chi connectivity index (χ0) is 17.1. The Bertz CT molecular complexity index is 717. The highest BCUT2D eigenvalue weighted by Crippen LogP contribution is 2.29. The topological polar surface area (TPSA) is 67.5 Å². The fourth-order valence-electron chi connectivity index (χ4n) is 2.96. The van der Waals surface area contributed by atoms with E-state index < -0.39 is 0 Å². The van der Waals surface area contributed by atoms with Crippen LogP contribution >= 0.6 is 11.3 Å². The van der Waals surface area contributed by atoms with Gasteiger partial charge in [0.2, 0.25) is 0 Å². The third kappa shape index (κ3) is 3.53. The van der Waals surface area contributed by atoms with Crippen LogP contribution in [0.4, 0.5) is 0 Å². The molecule has 1 saturated heterocycles. The first-order chi connectivity index (χ1) is 11.6. The number of ether oxygens (including phenoxy) is 2. The summed E-state index contributed by atoms with van der Waals surface area (Å²) in [5.74, 6) is -0.279. The van der Waals surface area contributed by atoms with Crippen LogP contribution < -0.4 is 0 Å². The Morgan fingerprint density at radius 3 is 2.88 bits per heavy atom. The van der Waals surface area contributed by atoms with Gasteiger partial charge in [0.15, 0.2) is 0 Å². The van der Waals surface area contributed by atoms with Crippen LogP contribution in [0.25, 0.3) is 11.4 Å². The second-order valence-electron chi connectivity index (χ2n) is 5.86. The highest BCUT2D eigenvalue weighted by molar-refractivity contribution is 7.09. The maximum absolute atomic E-state index is 12.1. The first kappa shape index (κ1) is 17.1. The number of aryl methyl sites for hydroxylation is 1. The van der Waals surface area contributed by atoms with Crippen molar-refractivity contribution in [1.29, 1.82) is 0 Å². The smallest absolute Gasteiger partial charge is 0.340 e. The van der Waals surface area contributed by atoms with Crippen molar-refractivity contribution in [3.8, 4) is 11.4 Å². The van der Waals surface area contributed by atoms with Crippen LogP contribution in [0.3, 0.4) is 0 Å². The van der Waals surface area contributed by atoms with Gasteiger partial charge in [-0.15, -0.1) is 11.3 Å². The van der Waals surface area contributed by atoms with Crippen molar-refractivity contribution in [2.45, 2.75) is 27.3 Å². The van der Waals surface area contributed by atoms with E-state index >= 15 is 0 Å². The predicted molar refractivity (Wildman–Crippen MR) is 93.4 cm³/mol. The maximum atomic E-state index is 12.1. The SMILES string of the molecule is CCOC(=O)c1c(C)[nH]c(-c2csc(CN3CCOCC3)n2)c1C. The Morgan fingerprint density at radius 2 is 2.17 bits per heavy atom. The van der Waals surface area contributed by atoms with Gasteiger partial charge < -0.3 is 14.5 Å². The molecule has 0 bridgehead atoms. The summed E-state index contributed by atoms with van der Waals surface area (Å²) in [5, 5.41) is 3.12. The van der Waals surface area contributed by atoms with E-state index in [9.17, 15) is 4.79 Å². The lowest BCUT2D eigenvalue weighted by molar-refractivity contribution is 0.0341. The number of esters is 1. The number of aromatic amines is 1. The van der Waals surface area contributed by atoms with E-state index in [-0.39, 0.29) is 5.97 Å². The number of hydrogen-bond acceptors (Lipinski definition) is 6. The molecule has 1 aliphatic heterocycles. The number of nitrogens with one attached hydrogen (secondary N) is 1. The van der Waals surface area contributed by atoms with E-state index in [1.54, 1.807) is 11.3 Å². The summed E-state index contributed by atoms with van der Waals surface area (Å²) in [6.45, 7) is 10.3. The number of nitrogens with zero attached hydrogens (tertiary/aromatic N) is 2. The van der Waals surface area contributed by atoms with Crippen molar-refractivity contribution in [3.63, 3.8) is 0 Å². The van der Waals surface area contributed by atoms with Crippen molar-refractivity contribution < 1.29 is 14.3 Å². The van der Waals surface area contributed by atoms with Gasteiger partial charge in [0, 0.05) is 24.2 Å². The molecule has 0 unspecified atom stereocenters. The van der Waals surface area contributed by atoms with Gasteiger partial charge in [0.25, 0.3) is 0 Å². The lowest BCUT2D eigenvalue weighted by Crippen LogP contribution is -2.35. The molecular formula is C17H23N3O3S. The van der Waals surface area contributed by atoms with Gasteiger partial charge in [-0.1, -0.05) is 0 Å². The quantitative estimate of drug-likeness (QED) is 0.841. The minimum absolute atomic E-state index is 0.279. The molecular weight excluding hydrogens is 326 g/mol. The van der Waals surface area contributed by atoms with Gasteiger partial charge in [-0.25, -0.2) is 9.78 Å². The van der Waals surface area contributed by atoms with E-state index in [0.29, 0.717) is 12.2 Å². The number of carbonyl (C=O) groups excluding carboxylic acids is 1. The van der Waals surface area contributed by atoms with Gasteiger partial charge in [-0.3, -0.25) is 4.90 Å². The summed E-state index contributed by atoms with van der Waals surface area (Å²) in [5.41, 5.74) is 4.13. The normalized spacial score (nSPS) is 15.6. The monoisotopic (exact) mass is 349 g/mol. The van der Waals surface area contributed by atoms with Crippen molar-refractivity contribution in [2.24, 2.45) is 0 Å². The third-order valence-electron chi connectivity index (χ3n) is 4.19. The predicted octanol–water partition coefficient (Wildman–Crippen LogP) is 2.76. The summed E-state index contributed by atoms with van der Waals surface area (Å²) in [6.07, 6.45) is 0. The van der Waals surface area contributed by atoms with Crippen molar-refractivity contribution in [1.82, 2.24) is 14.9 Å². The molecule has 1 aliphatic rings. The highest BCUT2D eigenvalue weighted by atomic mass is 32.1. The molecule has 0 aromatic carbocycles. The van der Waals surface area contributed by atoms with Crippen molar-refractivity contribution >= 4 is 17.3 Å². The zero-order valence-electron chi connectivity index (χ0n) is 14.3. The lowest BCUT2D eigenvalue weighted by Gasteiger charge is -2.25. The average molecular weight is 349 g/mol. The number of rotatable bonds is 5. The molecule has 0 amide bonds. The molecule has 0 atom stereocenters. The molecule has 3 heterocycles. The summed E-state index contributed by atoms with van der Waals surface area (Å²) in [6, 6.07) is 0. The number of hydrogen-bond donors (Lipinski definition) is 1. The first-order valence-corrected chi connectivity index (χ1v) is 9.09. The van der Waals surface area contributed by atoms with Gasteiger partial charge in [-0.05, 0) is 26.3 Å². The molecule has 24 heavy (non-hydrogen) atoms. The summed E-state index contributed by atoms with van der Waals surface area (Å²) in [7, 11) is 0. The average Bonchev–Trinajstić information content (AvgIpc) is 3.13. The number of morpholine rings is 1. The van der Waals surface area contributed by atoms with Gasteiger partial charge >= 0.3 is 5.97 Å². The molecule has 0 saturated carbocycles. The second-order valence-corrected chi connectivity index (χ2v) is 6.80. The number of H-pyrrole nitrogens is 1. The fourth-order valence-corrected chi connectivity index (χ4v) is 3.79. The van der Waals surface area contributed by atoms with Crippen molar-refractivity contribution in [2.75, 3.05) is 32.9 Å². The molecule has 2 aromatic rings. The Kier molecular flexibility index (Phi) is 5.33. The Morgan fingerprint density at radius 1 is 1.42 bits per heavy atom. The summed E-state index contributed by atoms with van der Waals surface area (Å²) in [4.78, 5) is 22.5. The zero-order valence-corrected chi connectivity index (χ0v) is 15.2. The lowest BCUT2D eigenvalue weighted by atomic mass is 10.1. The fraction of sp³-hybridized carbons (Fsp3) is 0.529. The standard InChI is InChI=1S/C17H23N3O3S/c1-4-23-17(21)15-11(2)16(18-12(15)3)13-10-24-14(19-13)9-20-5-7-22-8-6-20/h10,18H,4-9H2,1-3H3. The summed E-state index contributed by atoms with van der Waals surface area (Å²) < 4.78 is 10.5. The minimum Gasteiger partial charge on any atom is -0.462 e. The molecule has 0 radical (unpaired) electrons. The Hall–Kier alpha value is -1.70. The van der Waals surface area contributed by atoms with Crippen LogP contribution in [0, 0.1) is 13.8 Å². The van der Waals surface area contributed by atoms with Gasteiger partial charge in [-0.2, -0.15) is 0 Å². The molecule has 130 valence electrons. The van der Waals surface area contributed by atoms with Crippen LogP contribution in [0.15, 0.2) is 5.38 Å². The summed E-state index contributed by atoms with van der Waals surface area (Å²) >= 11 is 1.65. The van der Waals surface area contributed by atoms with Crippen LogP contribution in [-0.4, -0.2) is 53.7 Å². The third-order valence-corrected chi connectivity index (χ3v) is 5.02. The van der Waals surface area contributed by atoms with Crippen LogP contribution in [0.1, 0.15) is 33.5 Å². The minimum atomic E-state index is -0.279. The van der Waals surface area contributed by atoms with Gasteiger partial charge in [0.05, 0.1) is 43.3 Å². The van der Waals surface area contributed by atoms with E-state index in [4.69, 9.17) is 14.5 Å². The molecule has 6 nitrogen and oxygen atoms in total. The molecule has 0 aliphatic carbocycles. The maximum Gasteiger partial charge on any atom is 0.340 e. The molecule has 3 rings (SSSR count). The van der Waals surface area contributed by atoms with E-state index in [2.05, 4.69) is 9.88 Å². The Balaban J connectivity index is 1.80. The van der Waals surface area contributed by atoms with Gasteiger partial charge in [0.1, 0.15) is 5.01 Å². The molecule has 2 aromatic heterocycles. The number of aromatic nitrogens is 2. The van der Waals surface area contributed by atoms with E-state index in [0.717, 1.165) is 60.5 Å². The van der Waals surface area contributed by atoms with E-state index in [1.165, 1.54) is 0 Å². The Labute approximate surface area is 145 Å². The molecule has 1 N–H and O–H groups in total. The first-order valence-electron chi connectivity index (χ1n) is 8.21. The van der Waals surface area contributed by atoms with E-state index in [1.807, 2.05) is 26.2 Å². The van der Waals surface area contributed by atoms with Crippen LogP contribution in [0.5, 0.6) is 0 Å². The van der Waals surface area contributed by atoms with Crippen LogP contribution in [0.2, 0.25) is 0 Å². The molecule has 1 fully saturated rings. The number of carbonyl (C=O) groups is 1. The second kappa shape index (κ2) is 7.46. The largest absolute Gasteiger partial charge is 0.462 e.